The summed E-state index contributed by atoms with van der Waals surface area (Å²) in [5, 5.41) is 7.84. The van der Waals surface area contributed by atoms with Gasteiger partial charge in [0.2, 0.25) is 4.77 Å². The molecule has 5 heteroatoms. The Kier molecular flexibility index (Phi) is 4.02. The molecule has 0 aliphatic rings. The fourth-order valence-electron chi connectivity index (χ4n) is 0.0137. The molecule has 0 bridgehead atoms. The number of aliphatic hydroxyl groups is 1. The fourth-order valence-corrected chi connectivity index (χ4v) is 0.124. The normalized spacial score (nSPS) is 10.0. The third-order valence-corrected chi connectivity index (χ3v) is 0.894. The average Bonchev–Trinajstić information content (AvgIpc) is 1.65. The van der Waals surface area contributed by atoms with E-state index in [1.807, 2.05) is 0 Å². The van der Waals surface area contributed by atoms with Crippen molar-refractivity contribution in [1.29, 1.82) is 0 Å². The zero-order valence-electron chi connectivity index (χ0n) is 2.60. The first-order valence-corrected chi connectivity index (χ1v) is 2.60. The maximum absolute atomic E-state index is 10.8. The van der Waals surface area contributed by atoms with Crippen LogP contribution in [0.3, 0.4) is 0 Å². The summed E-state index contributed by atoms with van der Waals surface area (Å²) in [5.41, 5.74) is 0. The third kappa shape index (κ3) is 2.74. The van der Waals surface area contributed by atoms with Crippen LogP contribution in [0.2, 0.25) is 0 Å². The minimum atomic E-state index is -1.56. The van der Waals surface area contributed by atoms with Crippen molar-refractivity contribution in [2.45, 2.75) is 4.77 Å². The van der Waals surface area contributed by atoms with Crippen molar-refractivity contribution >= 4 is 24.3 Å². The Morgan fingerprint density at radius 1 is 1.33 bits per heavy atom. The van der Waals surface area contributed by atoms with Gasteiger partial charge in [0.05, 0.1) is 24.3 Å². The van der Waals surface area contributed by atoms with Gasteiger partial charge in [0.15, 0.2) is 0 Å². The van der Waals surface area contributed by atoms with E-state index in [1.54, 1.807) is 0 Å². The first-order chi connectivity index (χ1) is 2.81. The zero-order valence-corrected chi connectivity index (χ0v) is 4.23. The highest BCUT2D eigenvalue weighted by atomic mass is 32.2. The van der Waals surface area contributed by atoms with Gasteiger partial charge in [-0.25, -0.2) is 0 Å². The summed E-state index contributed by atoms with van der Waals surface area (Å²) >= 11 is -0.863. The topological polar surface area (TPSA) is 20.2 Å². The van der Waals surface area contributed by atoms with Crippen LogP contribution in [0, 0.1) is 0 Å². The molecule has 6 heavy (non-hydrogen) atoms. The second-order valence-corrected chi connectivity index (χ2v) is 2.03. The molecule has 0 aliphatic heterocycles. The van der Waals surface area contributed by atoms with Crippen LogP contribution in [0.25, 0.3) is 0 Å². The molecule has 0 aromatic rings. The predicted molar refractivity (Wildman–Crippen MR) is 23.4 cm³/mol. The lowest BCUT2D eigenvalue weighted by Gasteiger charge is -1.88. The van der Waals surface area contributed by atoms with Gasteiger partial charge in [0.25, 0.3) is 0 Å². The summed E-state index contributed by atoms with van der Waals surface area (Å²) in [7, 11) is 0. The first kappa shape index (κ1) is 6.52. The maximum atomic E-state index is 10.8. The van der Waals surface area contributed by atoms with Gasteiger partial charge >= 0.3 is 0 Å². The molecule has 1 N–H and O–H groups in total. The lowest BCUT2D eigenvalue weighted by atomic mass is 11.7. The molecular weight excluding hydrogens is 130 g/mol. The molecule has 0 unspecified atom stereocenters. The van der Waals surface area contributed by atoms with Crippen LogP contribution in [-0.4, -0.2) is 9.87 Å². The quantitative estimate of drug-likeness (QED) is 0.575. The van der Waals surface area contributed by atoms with Gasteiger partial charge in [-0.2, -0.15) is 7.77 Å². The van der Waals surface area contributed by atoms with Crippen LogP contribution in [0.1, 0.15) is 0 Å². The van der Waals surface area contributed by atoms with E-state index >= 15 is 0 Å². The van der Waals surface area contributed by atoms with Gasteiger partial charge in [-0.3, -0.25) is 0 Å². The molecule has 0 radical (unpaired) electrons. The summed E-state index contributed by atoms with van der Waals surface area (Å²) in [6.45, 7) is 0. The Balaban J connectivity index is 2.75. The Hall–Kier alpha value is 0.520. The standard InChI is InChI=1S/CH2F2OS2/c2-5-1(4)6-3/h1,4H. The van der Waals surface area contributed by atoms with Crippen molar-refractivity contribution in [3.05, 3.63) is 0 Å². The first-order valence-electron chi connectivity index (χ1n) is 1.04. The molecular formula is CH2F2OS2. The maximum Gasteiger partial charge on any atom is 0.208 e. The smallest absolute Gasteiger partial charge is 0.208 e. The van der Waals surface area contributed by atoms with E-state index in [0.29, 0.717) is 0 Å². The highest BCUT2D eigenvalue weighted by molar-refractivity contribution is 8.12. The number of hydrogen-bond donors (Lipinski definition) is 1. The Labute approximate surface area is 42.7 Å². The fraction of sp³-hybridized carbons (Fsp3) is 1.00. The average molecular weight is 132 g/mol. The van der Waals surface area contributed by atoms with Crippen molar-refractivity contribution in [2.24, 2.45) is 0 Å². The van der Waals surface area contributed by atoms with Crippen LogP contribution in [0.15, 0.2) is 0 Å². The SMILES string of the molecule is OC(SF)SF. The van der Waals surface area contributed by atoms with Crippen molar-refractivity contribution in [1.82, 2.24) is 0 Å². The van der Waals surface area contributed by atoms with E-state index < -0.39 is 29.1 Å². The molecule has 0 saturated carbocycles. The molecule has 0 aliphatic carbocycles. The van der Waals surface area contributed by atoms with Gasteiger partial charge < -0.3 is 5.11 Å². The summed E-state index contributed by atoms with van der Waals surface area (Å²) in [5.74, 6) is 0. The van der Waals surface area contributed by atoms with Crippen molar-refractivity contribution in [3.8, 4) is 0 Å². The Morgan fingerprint density at radius 2 is 1.67 bits per heavy atom. The summed E-state index contributed by atoms with van der Waals surface area (Å²) in [6, 6.07) is 0. The Morgan fingerprint density at radius 3 is 1.67 bits per heavy atom. The van der Waals surface area contributed by atoms with Crippen molar-refractivity contribution in [2.75, 3.05) is 0 Å². The van der Waals surface area contributed by atoms with Gasteiger partial charge in [-0.1, -0.05) is 0 Å². The minimum Gasteiger partial charge on any atom is -0.369 e. The van der Waals surface area contributed by atoms with Crippen LogP contribution in [-0.2, 0) is 0 Å². The van der Waals surface area contributed by atoms with Gasteiger partial charge in [0.1, 0.15) is 0 Å². The zero-order chi connectivity index (χ0) is 4.99. The van der Waals surface area contributed by atoms with Gasteiger partial charge in [-0.05, 0) is 0 Å². The summed E-state index contributed by atoms with van der Waals surface area (Å²) in [4.78, 5) is 0. The molecule has 0 amide bonds. The number of hydrogen-bond acceptors (Lipinski definition) is 3. The van der Waals surface area contributed by atoms with E-state index in [-0.39, 0.29) is 0 Å². The number of halogens is 2. The van der Waals surface area contributed by atoms with Crippen molar-refractivity contribution in [3.63, 3.8) is 0 Å². The molecule has 0 saturated heterocycles. The molecule has 0 heterocycles. The molecule has 0 atom stereocenters. The van der Waals surface area contributed by atoms with Crippen molar-refractivity contribution < 1.29 is 12.9 Å². The highest BCUT2D eigenvalue weighted by Crippen LogP contribution is 2.21. The molecule has 38 valence electrons. The monoisotopic (exact) mass is 132 g/mol. The second-order valence-electron chi connectivity index (χ2n) is 0.485. The van der Waals surface area contributed by atoms with Crippen LogP contribution < -0.4 is 0 Å². The molecule has 0 fully saturated rings. The van der Waals surface area contributed by atoms with Gasteiger partial charge in [0, 0.05) is 0 Å². The Bertz CT molecular complexity index is 30.7. The number of rotatable bonds is 2. The molecule has 0 rings (SSSR count). The van der Waals surface area contributed by atoms with E-state index in [0.717, 1.165) is 0 Å². The number of aliphatic hydroxyl groups excluding tert-OH is 1. The van der Waals surface area contributed by atoms with Crippen LogP contribution >= 0.6 is 24.3 Å². The summed E-state index contributed by atoms with van der Waals surface area (Å²) < 4.78 is 20.0. The molecule has 1 nitrogen and oxygen atoms in total. The summed E-state index contributed by atoms with van der Waals surface area (Å²) in [6.07, 6.45) is 0. The van der Waals surface area contributed by atoms with E-state index in [4.69, 9.17) is 5.11 Å². The third-order valence-electron chi connectivity index (χ3n) is 0.152. The largest absolute Gasteiger partial charge is 0.369 e. The lowest BCUT2D eigenvalue weighted by Crippen LogP contribution is -1.83. The van der Waals surface area contributed by atoms with Crippen LogP contribution in [0.5, 0.6) is 0 Å². The molecule has 0 spiro atoms. The highest BCUT2D eigenvalue weighted by Gasteiger charge is 2.01. The minimum absolute atomic E-state index is 0.432. The van der Waals surface area contributed by atoms with E-state index in [2.05, 4.69) is 0 Å². The van der Waals surface area contributed by atoms with Crippen LogP contribution in [0.4, 0.5) is 7.77 Å². The van der Waals surface area contributed by atoms with Gasteiger partial charge in [-0.15, -0.1) is 0 Å². The van der Waals surface area contributed by atoms with E-state index in [9.17, 15) is 7.77 Å². The molecule has 0 aromatic carbocycles. The van der Waals surface area contributed by atoms with E-state index in [1.165, 1.54) is 0 Å². The predicted octanol–water partition coefficient (Wildman–Crippen LogP) is 1.50. The second kappa shape index (κ2) is 3.70. The molecule has 0 aromatic heterocycles. The lowest BCUT2D eigenvalue weighted by molar-refractivity contribution is 0.338.